The highest BCUT2D eigenvalue weighted by molar-refractivity contribution is 4.73. The van der Waals surface area contributed by atoms with Crippen LogP contribution in [0.1, 0.15) is 19.3 Å². The fourth-order valence-corrected chi connectivity index (χ4v) is 1.30. The summed E-state index contributed by atoms with van der Waals surface area (Å²) in [5.41, 5.74) is 0. The molecule has 0 unspecified atom stereocenters. The molecule has 0 aliphatic rings. The maximum absolute atomic E-state index is 8.49. The highest BCUT2D eigenvalue weighted by Gasteiger charge is 2.19. The second-order valence-electron chi connectivity index (χ2n) is 3.51. The lowest BCUT2D eigenvalue weighted by Gasteiger charge is -2.32. The first-order chi connectivity index (χ1) is 6.68. The molecule has 0 N–H and O–H groups in total. The summed E-state index contributed by atoms with van der Waals surface area (Å²) in [5, 5.41) is 25.5. The van der Waals surface area contributed by atoms with E-state index in [1.807, 2.05) is 7.05 Å². The minimum absolute atomic E-state index is 0.480. The van der Waals surface area contributed by atoms with E-state index in [4.69, 9.17) is 15.8 Å². The Bertz CT molecular complexity index is 230. The molecule has 0 aromatic heterocycles. The summed E-state index contributed by atoms with van der Waals surface area (Å²) in [7, 11) is 1.99. The summed E-state index contributed by atoms with van der Waals surface area (Å²) in [6.45, 7) is 2.17. The monoisotopic (exact) mass is 191 g/mol. The van der Waals surface area contributed by atoms with Gasteiger partial charge in [-0.2, -0.15) is 15.8 Å². The highest BCUT2D eigenvalue weighted by Crippen LogP contribution is 2.06. The van der Waals surface area contributed by atoms with Crippen molar-refractivity contribution in [3.63, 3.8) is 0 Å². The molecular formula is C10H15N4+. The predicted molar refractivity (Wildman–Crippen MR) is 51.5 cm³/mol. The first-order valence-electron chi connectivity index (χ1n) is 4.63. The van der Waals surface area contributed by atoms with Gasteiger partial charge < -0.3 is 4.48 Å². The summed E-state index contributed by atoms with van der Waals surface area (Å²) >= 11 is 0. The molecule has 0 atom stereocenters. The highest BCUT2D eigenvalue weighted by atomic mass is 15.3. The molecule has 0 saturated carbocycles. The SMILES string of the molecule is C[N+](CCC#N)(CCC#N)CCC#N. The molecule has 0 aromatic rings. The van der Waals surface area contributed by atoms with Crippen LogP contribution in [-0.2, 0) is 0 Å². The molecule has 74 valence electrons. The van der Waals surface area contributed by atoms with E-state index in [0.717, 1.165) is 19.6 Å². The molecule has 0 rings (SSSR count). The number of quaternary nitrogens is 1. The van der Waals surface area contributed by atoms with E-state index in [-0.39, 0.29) is 0 Å². The van der Waals surface area contributed by atoms with Crippen LogP contribution in [0.4, 0.5) is 0 Å². The van der Waals surface area contributed by atoms with Crippen molar-refractivity contribution in [3.05, 3.63) is 0 Å². The van der Waals surface area contributed by atoms with Crippen molar-refractivity contribution in [2.45, 2.75) is 19.3 Å². The van der Waals surface area contributed by atoms with Crippen LogP contribution < -0.4 is 0 Å². The van der Waals surface area contributed by atoms with Gasteiger partial charge in [-0.15, -0.1) is 0 Å². The van der Waals surface area contributed by atoms with Crippen LogP contribution in [-0.4, -0.2) is 31.2 Å². The van der Waals surface area contributed by atoms with Crippen molar-refractivity contribution in [2.24, 2.45) is 0 Å². The second-order valence-corrected chi connectivity index (χ2v) is 3.51. The zero-order chi connectivity index (χ0) is 10.9. The summed E-state index contributed by atoms with van der Waals surface area (Å²) in [6, 6.07) is 6.28. The van der Waals surface area contributed by atoms with Gasteiger partial charge in [0.15, 0.2) is 0 Å². The Morgan fingerprint density at radius 3 is 1.29 bits per heavy atom. The van der Waals surface area contributed by atoms with Gasteiger partial charge in [0, 0.05) is 0 Å². The third kappa shape index (κ3) is 5.14. The van der Waals surface area contributed by atoms with Gasteiger partial charge in [0.25, 0.3) is 0 Å². The Hall–Kier alpha value is -1.57. The standard InChI is InChI=1S/C10H15N4/c1-14(8-2-5-11,9-3-6-12)10-4-7-13/h2-4,8-10H2,1H3/q+1. The van der Waals surface area contributed by atoms with Crippen LogP contribution in [0.15, 0.2) is 0 Å². The lowest BCUT2D eigenvalue weighted by atomic mass is 10.2. The van der Waals surface area contributed by atoms with Crippen molar-refractivity contribution in [1.29, 1.82) is 15.8 Å². The molecule has 0 aliphatic carbocycles. The third-order valence-corrected chi connectivity index (χ3v) is 2.29. The lowest BCUT2D eigenvalue weighted by molar-refractivity contribution is -0.908. The first kappa shape index (κ1) is 12.4. The zero-order valence-electron chi connectivity index (χ0n) is 8.53. The van der Waals surface area contributed by atoms with Crippen molar-refractivity contribution >= 4 is 0 Å². The van der Waals surface area contributed by atoms with Gasteiger partial charge in [0.05, 0.1) is 64.2 Å². The average Bonchev–Trinajstić information content (AvgIpc) is 2.21. The predicted octanol–water partition coefficient (Wildman–Crippen LogP) is 1.17. The molecule has 0 amide bonds. The molecule has 4 nitrogen and oxygen atoms in total. The molecule has 4 heteroatoms. The lowest BCUT2D eigenvalue weighted by Crippen LogP contribution is -2.46. The number of hydrogen-bond donors (Lipinski definition) is 0. The van der Waals surface area contributed by atoms with Crippen LogP contribution >= 0.6 is 0 Å². The van der Waals surface area contributed by atoms with Crippen LogP contribution in [0.3, 0.4) is 0 Å². The fraction of sp³-hybridized carbons (Fsp3) is 0.700. The molecule has 0 aromatic carbocycles. The Labute approximate surface area is 85.2 Å². The average molecular weight is 191 g/mol. The van der Waals surface area contributed by atoms with E-state index < -0.39 is 0 Å². The van der Waals surface area contributed by atoms with Crippen LogP contribution in [0.25, 0.3) is 0 Å². The Morgan fingerprint density at radius 2 is 1.07 bits per heavy atom. The number of nitrogens with zero attached hydrogens (tertiary/aromatic N) is 4. The van der Waals surface area contributed by atoms with Crippen LogP contribution in [0.2, 0.25) is 0 Å². The largest absolute Gasteiger partial charge is 0.323 e. The van der Waals surface area contributed by atoms with Crippen molar-refractivity contribution < 1.29 is 4.48 Å². The molecule has 0 radical (unpaired) electrons. The van der Waals surface area contributed by atoms with Gasteiger partial charge >= 0.3 is 0 Å². The maximum atomic E-state index is 8.49. The number of nitriles is 3. The third-order valence-electron chi connectivity index (χ3n) is 2.29. The van der Waals surface area contributed by atoms with Crippen molar-refractivity contribution in [2.75, 3.05) is 26.7 Å². The molecule has 0 saturated heterocycles. The quantitative estimate of drug-likeness (QED) is 0.592. The van der Waals surface area contributed by atoms with E-state index in [2.05, 4.69) is 18.2 Å². The normalized spacial score (nSPS) is 9.86. The van der Waals surface area contributed by atoms with Gasteiger partial charge in [-0.3, -0.25) is 0 Å². The molecule has 0 aliphatic heterocycles. The minimum atomic E-state index is 0.480. The summed E-state index contributed by atoms with van der Waals surface area (Å²) in [6.07, 6.45) is 1.44. The van der Waals surface area contributed by atoms with Gasteiger partial charge in [0.2, 0.25) is 0 Å². The summed E-state index contributed by atoms with van der Waals surface area (Å²) in [5.74, 6) is 0. The second kappa shape index (κ2) is 6.89. The van der Waals surface area contributed by atoms with E-state index in [1.54, 1.807) is 0 Å². The van der Waals surface area contributed by atoms with Crippen molar-refractivity contribution in [1.82, 2.24) is 0 Å². The Kier molecular flexibility index (Phi) is 6.12. The molecular weight excluding hydrogens is 176 g/mol. The maximum Gasteiger partial charge on any atom is 0.0917 e. The van der Waals surface area contributed by atoms with E-state index >= 15 is 0 Å². The molecule has 0 spiro atoms. The number of hydrogen-bond acceptors (Lipinski definition) is 3. The minimum Gasteiger partial charge on any atom is -0.323 e. The Balaban J connectivity index is 4.13. The van der Waals surface area contributed by atoms with Gasteiger partial charge in [-0.1, -0.05) is 0 Å². The first-order valence-corrected chi connectivity index (χ1v) is 4.63. The topological polar surface area (TPSA) is 71.4 Å². The van der Waals surface area contributed by atoms with E-state index in [1.165, 1.54) is 0 Å². The van der Waals surface area contributed by atoms with E-state index in [9.17, 15) is 0 Å². The van der Waals surface area contributed by atoms with Crippen LogP contribution in [0, 0.1) is 34.0 Å². The summed E-state index contributed by atoms with van der Waals surface area (Å²) < 4.78 is 0.648. The smallest absolute Gasteiger partial charge is 0.0917 e. The summed E-state index contributed by atoms with van der Waals surface area (Å²) in [4.78, 5) is 0. The molecule has 0 heterocycles. The van der Waals surface area contributed by atoms with Crippen molar-refractivity contribution in [3.8, 4) is 18.2 Å². The van der Waals surface area contributed by atoms with Gasteiger partial charge in [-0.25, -0.2) is 0 Å². The van der Waals surface area contributed by atoms with Crippen LogP contribution in [0.5, 0.6) is 0 Å². The van der Waals surface area contributed by atoms with Gasteiger partial charge in [0.1, 0.15) is 0 Å². The molecule has 0 fully saturated rings. The zero-order valence-corrected chi connectivity index (χ0v) is 8.53. The molecule has 14 heavy (non-hydrogen) atoms. The number of rotatable bonds is 6. The van der Waals surface area contributed by atoms with Gasteiger partial charge in [-0.05, 0) is 0 Å². The van der Waals surface area contributed by atoms with E-state index in [0.29, 0.717) is 23.7 Å². The molecule has 0 bridgehead atoms. The Morgan fingerprint density at radius 1 is 0.786 bits per heavy atom. The fourth-order valence-electron chi connectivity index (χ4n) is 1.30.